The number of nitrogens with zero attached hydrogens (tertiary/aromatic N) is 1. The molecule has 2 rings (SSSR count). The predicted octanol–water partition coefficient (Wildman–Crippen LogP) is 7.76. The van der Waals surface area contributed by atoms with Crippen molar-refractivity contribution >= 4 is 40.9 Å². The van der Waals surface area contributed by atoms with Gasteiger partial charge < -0.3 is 15.2 Å². The minimum Gasteiger partial charge on any atom is -0.497 e. The number of nitrogens with one attached hydrogen (secondary N) is 1. The highest BCUT2D eigenvalue weighted by atomic mass is 35.5. The average Bonchev–Trinajstić information content (AvgIpc) is 2.93. The number of carbonyl (C=O) groups excluding carboxylic acids is 3. The lowest BCUT2D eigenvalue weighted by Crippen LogP contribution is -2.38. The number of aliphatic imine (C=N–C) groups is 1. The zero-order valence-corrected chi connectivity index (χ0v) is 26.6. The van der Waals surface area contributed by atoms with Gasteiger partial charge in [0.15, 0.2) is 5.78 Å². The van der Waals surface area contributed by atoms with Gasteiger partial charge in [-0.2, -0.15) is 0 Å². The van der Waals surface area contributed by atoms with E-state index in [4.69, 9.17) is 26.8 Å². The summed E-state index contributed by atoms with van der Waals surface area (Å²) in [6.07, 6.45) is 0.614. The summed E-state index contributed by atoms with van der Waals surface area (Å²) in [6.45, 7) is 16.6. The van der Waals surface area contributed by atoms with E-state index in [2.05, 4.69) is 10.3 Å². The highest BCUT2D eigenvalue weighted by Crippen LogP contribution is 2.25. The van der Waals surface area contributed by atoms with Crippen LogP contribution in [0, 0.1) is 0 Å². The number of rotatable bonds is 7. The first-order valence-electron chi connectivity index (χ1n) is 13.5. The van der Waals surface area contributed by atoms with Gasteiger partial charge in [-0.3, -0.25) is 14.9 Å². The number of benzene rings is 2. The smallest absolute Gasteiger partial charge is 0.437 e. The summed E-state index contributed by atoms with van der Waals surface area (Å²) in [4.78, 5) is 41.3. The summed E-state index contributed by atoms with van der Waals surface area (Å²) < 4.78 is 10.2. The standard InChI is InChI=1S/C28H32ClN3O5.2C2H6/c1-17(25(34)20-9-13-23(36-6)14-10-20)15-21(18(2)19-7-11-22(29)12-8-19)16-24(33)31-26(30)32-27(35)37-28(3,4)5;2*1-2/h7-15H,16H2,1-6H3,(H3,30,31,32,33,35);2*1-2H3/b17-15+,21-18-;;. The molecule has 0 spiro atoms. The van der Waals surface area contributed by atoms with Crippen LogP contribution in [0.15, 0.2) is 70.7 Å². The van der Waals surface area contributed by atoms with Gasteiger partial charge in [-0.1, -0.05) is 57.5 Å². The molecule has 9 heteroatoms. The second-order valence-electron chi connectivity index (χ2n) is 9.24. The van der Waals surface area contributed by atoms with Gasteiger partial charge in [0.25, 0.3) is 0 Å². The van der Waals surface area contributed by atoms with Gasteiger partial charge in [0.2, 0.25) is 11.9 Å². The minimum atomic E-state index is -0.917. The number of carbonyl (C=O) groups is 3. The Kier molecular flexibility index (Phi) is 16.7. The van der Waals surface area contributed by atoms with Gasteiger partial charge in [0.05, 0.1) is 13.5 Å². The van der Waals surface area contributed by atoms with Crippen LogP contribution in [0.5, 0.6) is 5.75 Å². The third-order valence-corrected chi connectivity index (χ3v) is 5.34. The summed E-state index contributed by atoms with van der Waals surface area (Å²) >= 11 is 6.02. The number of hydrogen-bond acceptors (Lipinski definition) is 5. The predicted molar refractivity (Wildman–Crippen MR) is 168 cm³/mol. The number of nitrogens with two attached hydrogens (primary N) is 1. The molecule has 0 atom stereocenters. The number of halogens is 1. The molecule has 41 heavy (non-hydrogen) atoms. The first-order valence-corrected chi connectivity index (χ1v) is 13.9. The normalized spacial score (nSPS) is 12.0. The molecule has 0 saturated carbocycles. The van der Waals surface area contributed by atoms with Gasteiger partial charge in [-0.25, -0.2) is 4.79 Å². The largest absolute Gasteiger partial charge is 0.497 e. The maximum atomic E-state index is 13.0. The number of hydrogen-bond donors (Lipinski definition) is 2. The molecular weight excluding hydrogens is 542 g/mol. The van der Waals surface area contributed by atoms with Crippen molar-refractivity contribution < 1.29 is 23.9 Å². The lowest BCUT2D eigenvalue weighted by molar-refractivity contribution is -0.119. The van der Waals surface area contributed by atoms with Crippen molar-refractivity contribution in [1.82, 2.24) is 5.32 Å². The molecule has 2 amide bonds. The molecule has 0 aliphatic rings. The topological polar surface area (TPSA) is 120 Å². The molecule has 0 saturated heterocycles. The fourth-order valence-corrected chi connectivity index (χ4v) is 3.37. The third-order valence-electron chi connectivity index (χ3n) is 5.08. The fourth-order valence-electron chi connectivity index (χ4n) is 3.25. The molecule has 0 aliphatic carbocycles. The van der Waals surface area contributed by atoms with Crippen LogP contribution in [-0.2, 0) is 9.53 Å². The first kappa shape index (κ1) is 37.1. The number of ether oxygens (including phenoxy) is 2. The first-order chi connectivity index (χ1) is 19.3. The number of ketones is 1. The number of guanidine groups is 1. The van der Waals surface area contributed by atoms with E-state index in [1.807, 2.05) is 46.8 Å². The van der Waals surface area contributed by atoms with Crippen LogP contribution in [0.25, 0.3) is 5.57 Å². The van der Waals surface area contributed by atoms with E-state index in [1.54, 1.807) is 77.3 Å². The molecule has 0 fully saturated rings. The Labute approximate surface area is 249 Å². The molecule has 0 heterocycles. The van der Waals surface area contributed by atoms with Crippen molar-refractivity contribution in [2.45, 2.75) is 74.3 Å². The van der Waals surface area contributed by atoms with E-state index in [1.165, 1.54) is 0 Å². The molecule has 2 aromatic carbocycles. The fraction of sp³-hybridized carbons (Fsp3) is 0.375. The summed E-state index contributed by atoms with van der Waals surface area (Å²) in [5.41, 5.74) is 8.04. The van der Waals surface area contributed by atoms with Crippen LogP contribution >= 0.6 is 11.6 Å². The van der Waals surface area contributed by atoms with E-state index in [0.29, 0.717) is 27.5 Å². The monoisotopic (exact) mass is 585 g/mol. The Balaban J connectivity index is 0.00000382. The van der Waals surface area contributed by atoms with Crippen molar-refractivity contribution in [3.05, 3.63) is 81.9 Å². The second-order valence-corrected chi connectivity index (χ2v) is 9.68. The third kappa shape index (κ3) is 13.8. The lowest BCUT2D eigenvalue weighted by Gasteiger charge is -2.17. The molecule has 0 aromatic heterocycles. The Morgan fingerprint density at radius 3 is 1.93 bits per heavy atom. The zero-order valence-electron chi connectivity index (χ0n) is 25.8. The summed E-state index contributed by atoms with van der Waals surface area (Å²) in [7, 11) is 1.55. The Morgan fingerprint density at radius 1 is 0.927 bits per heavy atom. The number of allylic oxidation sites excluding steroid dienone is 3. The van der Waals surface area contributed by atoms with Crippen LogP contribution in [0.2, 0.25) is 5.02 Å². The molecule has 0 aliphatic heterocycles. The van der Waals surface area contributed by atoms with E-state index in [-0.39, 0.29) is 12.2 Å². The van der Waals surface area contributed by atoms with Crippen molar-refractivity contribution in [1.29, 1.82) is 0 Å². The van der Waals surface area contributed by atoms with Gasteiger partial charge in [0.1, 0.15) is 11.4 Å². The molecule has 0 unspecified atom stereocenters. The highest BCUT2D eigenvalue weighted by molar-refractivity contribution is 6.30. The molecule has 224 valence electrons. The Hall–Kier alpha value is -3.91. The van der Waals surface area contributed by atoms with Gasteiger partial charge in [0, 0.05) is 10.6 Å². The molecule has 3 N–H and O–H groups in total. The van der Waals surface area contributed by atoms with E-state index in [0.717, 1.165) is 11.1 Å². The Bertz CT molecular complexity index is 1240. The van der Waals surface area contributed by atoms with Gasteiger partial charge in [-0.15, -0.1) is 4.99 Å². The molecule has 2 aromatic rings. The van der Waals surface area contributed by atoms with Crippen molar-refractivity contribution in [3.8, 4) is 5.75 Å². The van der Waals surface area contributed by atoms with E-state index in [9.17, 15) is 14.4 Å². The van der Waals surface area contributed by atoms with Crippen LogP contribution in [0.4, 0.5) is 4.79 Å². The van der Waals surface area contributed by atoms with Crippen molar-refractivity contribution in [2.24, 2.45) is 10.7 Å². The van der Waals surface area contributed by atoms with Crippen molar-refractivity contribution in [2.75, 3.05) is 7.11 Å². The number of Topliss-reactive ketones (excluding diaryl/α,β-unsaturated/α-hetero) is 1. The summed E-state index contributed by atoms with van der Waals surface area (Å²) in [5.74, 6) is -0.470. The summed E-state index contributed by atoms with van der Waals surface area (Å²) in [6, 6.07) is 13.9. The van der Waals surface area contributed by atoms with Crippen LogP contribution in [0.3, 0.4) is 0 Å². The molecule has 8 nitrogen and oxygen atoms in total. The highest BCUT2D eigenvalue weighted by Gasteiger charge is 2.17. The Morgan fingerprint density at radius 2 is 1.44 bits per heavy atom. The quantitative estimate of drug-likeness (QED) is 0.113. The number of amides is 2. The zero-order chi connectivity index (χ0) is 31.8. The van der Waals surface area contributed by atoms with Crippen LogP contribution in [0.1, 0.15) is 84.7 Å². The van der Waals surface area contributed by atoms with E-state index < -0.39 is 23.6 Å². The van der Waals surface area contributed by atoms with Crippen molar-refractivity contribution in [3.63, 3.8) is 0 Å². The maximum absolute atomic E-state index is 13.0. The number of methoxy groups -OCH3 is 1. The maximum Gasteiger partial charge on any atom is 0.437 e. The molecular formula is C32H44ClN3O5. The van der Waals surface area contributed by atoms with Gasteiger partial charge in [-0.05, 0) is 93.3 Å². The molecule has 0 bridgehead atoms. The van der Waals surface area contributed by atoms with E-state index >= 15 is 0 Å². The molecule has 0 radical (unpaired) electrons. The SMILES string of the molecule is CC.CC.COc1ccc(C(=O)/C(C)=C/C(CC(=O)N/C(N)=N/C(=O)OC(C)(C)C)=C(\C)c2ccc(Cl)cc2)cc1. The summed E-state index contributed by atoms with van der Waals surface area (Å²) in [5, 5.41) is 2.97. The van der Waals surface area contributed by atoms with Crippen LogP contribution in [-0.4, -0.2) is 36.5 Å². The minimum absolute atomic E-state index is 0.133. The second kappa shape index (κ2) is 18.4. The van der Waals surface area contributed by atoms with Gasteiger partial charge >= 0.3 is 6.09 Å². The average molecular weight is 586 g/mol. The lowest BCUT2D eigenvalue weighted by atomic mass is 9.95. The van der Waals surface area contributed by atoms with Crippen LogP contribution < -0.4 is 15.8 Å².